The van der Waals surface area contributed by atoms with E-state index in [2.05, 4.69) is 10.1 Å². The molecule has 0 aromatic heterocycles. The molecule has 0 bridgehead atoms. The summed E-state index contributed by atoms with van der Waals surface area (Å²) < 4.78 is 69.6. The van der Waals surface area contributed by atoms with E-state index in [1.165, 1.54) is 39.4 Å². The van der Waals surface area contributed by atoms with E-state index in [0.29, 0.717) is 0 Å². The van der Waals surface area contributed by atoms with Crippen molar-refractivity contribution in [2.24, 2.45) is 0 Å². The van der Waals surface area contributed by atoms with Crippen LogP contribution in [0.5, 0.6) is 11.5 Å². The molecule has 33 heavy (non-hydrogen) atoms. The molecule has 0 radical (unpaired) electrons. The lowest BCUT2D eigenvalue weighted by atomic mass is 10.1. The lowest BCUT2D eigenvalue weighted by Crippen LogP contribution is -2.40. The van der Waals surface area contributed by atoms with Crippen molar-refractivity contribution < 1.29 is 41.0 Å². The molecule has 2 amide bonds. The smallest absolute Gasteiger partial charge is 0.333 e. The van der Waals surface area contributed by atoms with Gasteiger partial charge in [0.25, 0.3) is 10.0 Å². The van der Waals surface area contributed by atoms with Gasteiger partial charge in [-0.25, -0.2) is 31.5 Å². The molecular formula is C21H22F2N2O7S. The molecule has 178 valence electrons. The number of amides is 2. The molecule has 2 aromatic rings. The first-order valence-electron chi connectivity index (χ1n) is 9.40. The molecule has 0 atom stereocenters. The number of carbonyl (C=O) groups is 2. The normalized spacial score (nSPS) is 11.6. The Morgan fingerprint density at radius 1 is 1.06 bits per heavy atom. The number of rotatable bonds is 9. The van der Waals surface area contributed by atoms with E-state index in [-0.39, 0.29) is 34.9 Å². The molecule has 2 rings (SSSR count). The second-order valence-corrected chi connectivity index (χ2v) is 8.24. The molecular weight excluding hydrogens is 462 g/mol. The number of hydrogen-bond donors (Lipinski definition) is 2. The van der Waals surface area contributed by atoms with Crippen molar-refractivity contribution in [3.05, 3.63) is 59.2 Å². The third-order valence-corrected chi connectivity index (χ3v) is 5.43. The molecule has 0 spiro atoms. The van der Waals surface area contributed by atoms with Crippen molar-refractivity contribution in [2.45, 2.75) is 11.8 Å². The molecule has 12 heteroatoms. The molecule has 0 aliphatic rings. The van der Waals surface area contributed by atoms with Crippen LogP contribution in [-0.4, -0.2) is 47.8 Å². The number of benzene rings is 2. The SMILES string of the molecule is COCCNC(=O)NS(=O)(=O)c1ccc(Oc2c(F)cc(/C=C(\C)C(=O)OC)cc2F)cc1. The van der Waals surface area contributed by atoms with Crippen molar-refractivity contribution in [1.29, 1.82) is 0 Å². The zero-order valence-corrected chi connectivity index (χ0v) is 18.8. The van der Waals surface area contributed by atoms with Crippen LogP contribution in [0, 0.1) is 11.6 Å². The molecule has 0 unspecified atom stereocenters. The fourth-order valence-electron chi connectivity index (χ4n) is 2.52. The molecule has 0 heterocycles. The second kappa shape index (κ2) is 11.4. The highest BCUT2D eigenvalue weighted by atomic mass is 32.2. The predicted molar refractivity (Wildman–Crippen MR) is 114 cm³/mol. The molecule has 0 saturated carbocycles. The number of hydrogen-bond acceptors (Lipinski definition) is 7. The van der Waals surface area contributed by atoms with Gasteiger partial charge in [0, 0.05) is 19.2 Å². The van der Waals surface area contributed by atoms with Crippen LogP contribution in [0.4, 0.5) is 13.6 Å². The zero-order valence-electron chi connectivity index (χ0n) is 18.0. The monoisotopic (exact) mass is 484 g/mol. The summed E-state index contributed by atoms with van der Waals surface area (Å²) in [6.45, 7) is 1.74. The number of methoxy groups -OCH3 is 2. The minimum Gasteiger partial charge on any atom is -0.466 e. The maximum absolute atomic E-state index is 14.4. The van der Waals surface area contributed by atoms with Crippen LogP contribution in [-0.2, 0) is 24.3 Å². The molecule has 0 aliphatic heterocycles. The summed E-state index contributed by atoms with van der Waals surface area (Å²) >= 11 is 0. The van der Waals surface area contributed by atoms with Crippen molar-refractivity contribution in [1.82, 2.24) is 10.0 Å². The number of urea groups is 1. The van der Waals surface area contributed by atoms with Crippen LogP contribution in [0.25, 0.3) is 6.08 Å². The van der Waals surface area contributed by atoms with Gasteiger partial charge in [-0.3, -0.25) is 0 Å². The Balaban J connectivity index is 2.15. The number of nitrogens with one attached hydrogen (secondary N) is 2. The summed E-state index contributed by atoms with van der Waals surface area (Å²) in [5, 5.41) is 2.30. The van der Waals surface area contributed by atoms with Crippen molar-refractivity contribution in [3.63, 3.8) is 0 Å². The highest BCUT2D eigenvalue weighted by molar-refractivity contribution is 7.90. The van der Waals surface area contributed by atoms with Gasteiger partial charge < -0.3 is 19.5 Å². The lowest BCUT2D eigenvalue weighted by Gasteiger charge is -2.11. The minimum atomic E-state index is -4.18. The standard InChI is InChI=1S/C21H22F2N2O7S/c1-13(20(26)31-3)10-14-11-17(22)19(18(23)12-14)32-15-4-6-16(7-5-15)33(28,29)25-21(27)24-8-9-30-2/h4-7,10-12H,8-9H2,1-3H3,(H2,24,25,27)/b13-10+. The van der Waals surface area contributed by atoms with E-state index in [9.17, 15) is 26.8 Å². The highest BCUT2D eigenvalue weighted by Gasteiger charge is 2.19. The Labute approximate surface area is 189 Å². The summed E-state index contributed by atoms with van der Waals surface area (Å²) in [5.74, 6) is -3.48. The Bertz CT molecular complexity index is 1130. The number of carbonyl (C=O) groups excluding carboxylic acids is 2. The maximum Gasteiger partial charge on any atom is 0.333 e. The second-order valence-electron chi connectivity index (χ2n) is 6.56. The average molecular weight is 484 g/mol. The zero-order chi connectivity index (χ0) is 24.6. The summed E-state index contributed by atoms with van der Waals surface area (Å²) in [6.07, 6.45) is 1.25. The minimum absolute atomic E-state index is 0.0506. The van der Waals surface area contributed by atoms with Gasteiger partial charge in [0.1, 0.15) is 5.75 Å². The topological polar surface area (TPSA) is 120 Å². The van der Waals surface area contributed by atoms with Crippen LogP contribution in [0.3, 0.4) is 0 Å². The van der Waals surface area contributed by atoms with E-state index in [0.717, 1.165) is 24.3 Å². The molecule has 0 fully saturated rings. The van der Waals surface area contributed by atoms with E-state index in [4.69, 9.17) is 9.47 Å². The first-order valence-corrected chi connectivity index (χ1v) is 10.9. The fraction of sp³-hybridized carbons (Fsp3) is 0.238. The van der Waals surface area contributed by atoms with E-state index < -0.39 is 39.4 Å². The van der Waals surface area contributed by atoms with Gasteiger partial charge in [0.05, 0.1) is 18.6 Å². The number of esters is 1. The van der Waals surface area contributed by atoms with Crippen molar-refractivity contribution in [2.75, 3.05) is 27.4 Å². The van der Waals surface area contributed by atoms with Gasteiger partial charge in [-0.05, 0) is 55.0 Å². The van der Waals surface area contributed by atoms with Gasteiger partial charge in [0.15, 0.2) is 17.4 Å². The van der Waals surface area contributed by atoms with Crippen LogP contribution in [0.1, 0.15) is 12.5 Å². The van der Waals surface area contributed by atoms with Crippen LogP contribution < -0.4 is 14.8 Å². The lowest BCUT2D eigenvalue weighted by molar-refractivity contribution is -0.135. The van der Waals surface area contributed by atoms with Crippen molar-refractivity contribution in [3.8, 4) is 11.5 Å². The summed E-state index contributed by atoms with van der Waals surface area (Å²) in [6, 6.07) is 5.55. The third kappa shape index (κ3) is 7.26. The van der Waals surface area contributed by atoms with Gasteiger partial charge >= 0.3 is 12.0 Å². The van der Waals surface area contributed by atoms with Gasteiger partial charge in [-0.2, -0.15) is 0 Å². The Morgan fingerprint density at radius 2 is 1.67 bits per heavy atom. The first kappa shape index (κ1) is 25.7. The molecule has 0 aliphatic carbocycles. The van der Waals surface area contributed by atoms with Gasteiger partial charge in [0.2, 0.25) is 0 Å². The third-order valence-electron chi connectivity index (χ3n) is 4.08. The van der Waals surface area contributed by atoms with E-state index in [1.807, 2.05) is 4.72 Å². The van der Waals surface area contributed by atoms with Crippen molar-refractivity contribution >= 4 is 28.1 Å². The highest BCUT2D eigenvalue weighted by Crippen LogP contribution is 2.30. The van der Waals surface area contributed by atoms with E-state index in [1.54, 1.807) is 0 Å². The quantitative estimate of drug-likeness (QED) is 0.319. The van der Waals surface area contributed by atoms with Crippen LogP contribution in [0.15, 0.2) is 46.9 Å². The predicted octanol–water partition coefficient (Wildman–Crippen LogP) is 2.97. The number of sulfonamides is 1. The first-order chi connectivity index (χ1) is 15.6. The molecule has 9 nitrogen and oxygen atoms in total. The van der Waals surface area contributed by atoms with Gasteiger partial charge in [-0.15, -0.1) is 0 Å². The maximum atomic E-state index is 14.4. The Hall–Kier alpha value is -3.51. The van der Waals surface area contributed by atoms with Crippen LogP contribution in [0.2, 0.25) is 0 Å². The fourth-order valence-corrected chi connectivity index (χ4v) is 3.45. The molecule has 0 saturated heterocycles. The van der Waals surface area contributed by atoms with E-state index >= 15 is 0 Å². The summed E-state index contributed by atoms with van der Waals surface area (Å²) in [5.41, 5.74) is 0.222. The number of ether oxygens (including phenoxy) is 3. The number of halogens is 2. The molecule has 2 N–H and O–H groups in total. The van der Waals surface area contributed by atoms with Crippen LogP contribution >= 0.6 is 0 Å². The Morgan fingerprint density at radius 3 is 2.21 bits per heavy atom. The summed E-state index contributed by atoms with van der Waals surface area (Å²) in [4.78, 5) is 22.8. The Kier molecular flexibility index (Phi) is 8.88. The summed E-state index contributed by atoms with van der Waals surface area (Å²) in [7, 11) is -1.57. The average Bonchev–Trinajstić information content (AvgIpc) is 2.75. The van der Waals surface area contributed by atoms with Gasteiger partial charge in [-0.1, -0.05) is 0 Å². The largest absolute Gasteiger partial charge is 0.466 e. The molecule has 2 aromatic carbocycles.